The highest BCUT2D eigenvalue weighted by atomic mass is 35.5. The molecule has 1 atom stereocenters. The normalized spacial score (nSPS) is 16.1. The quantitative estimate of drug-likeness (QED) is 0.369. The first-order chi connectivity index (χ1) is 19.6. The summed E-state index contributed by atoms with van der Waals surface area (Å²) in [6.45, 7) is 3.47. The van der Waals surface area contributed by atoms with Crippen LogP contribution >= 0.6 is 23.2 Å². The van der Waals surface area contributed by atoms with Crippen LogP contribution in [0.15, 0.2) is 36.4 Å². The molecule has 0 spiro atoms. The Morgan fingerprint density at radius 1 is 1.00 bits per heavy atom. The van der Waals surface area contributed by atoms with E-state index in [1.54, 1.807) is 36.4 Å². The van der Waals surface area contributed by atoms with Gasteiger partial charge in [0.2, 0.25) is 21.8 Å². The standard InChI is InChI=1S/C29H37Cl2N3O6S/c1-3-25(29(36)32-20-9-6-5-7-10-20)33(18-22-23(30)11-8-12-24(22)31)28(35)19-34(41(37,38)4-2)21-13-14-26-27(17-21)40-16-15-39-26/h8,11-14,17,20,25H,3-7,9-10,15-16,18-19H2,1-2H3,(H,32,36). The van der Waals surface area contributed by atoms with Crippen molar-refractivity contribution < 1.29 is 27.5 Å². The average molecular weight is 627 g/mol. The molecule has 1 unspecified atom stereocenters. The highest BCUT2D eigenvalue weighted by Gasteiger charge is 2.34. The maximum Gasteiger partial charge on any atom is 0.244 e. The monoisotopic (exact) mass is 625 g/mol. The molecule has 9 nitrogen and oxygen atoms in total. The molecule has 4 rings (SSSR count). The molecule has 41 heavy (non-hydrogen) atoms. The maximum atomic E-state index is 14.1. The van der Waals surface area contributed by atoms with Crippen LogP contribution in [0.1, 0.15) is 57.9 Å². The lowest BCUT2D eigenvalue weighted by Gasteiger charge is -2.35. The van der Waals surface area contributed by atoms with Crippen LogP contribution in [-0.2, 0) is 26.2 Å². The van der Waals surface area contributed by atoms with E-state index in [0.717, 1.165) is 36.4 Å². The third-order valence-corrected chi connectivity index (χ3v) is 9.97. The molecule has 2 aliphatic rings. The van der Waals surface area contributed by atoms with Gasteiger partial charge in [-0.1, -0.05) is 55.5 Å². The number of rotatable bonds is 11. The molecule has 224 valence electrons. The molecule has 1 heterocycles. The highest BCUT2D eigenvalue weighted by molar-refractivity contribution is 7.92. The zero-order valence-corrected chi connectivity index (χ0v) is 25.7. The number of anilines is 1. The van der Waals surface area contributed by atoms with Gasteiger partial charge in [-0.25, -0.2) is 8.42 Å². The number of nitrogens with zero attached hydrogens (tertiary/aromatic N) is 2. The van der Waals surface area contributed by atoms with E-state index < -0.39 is 28.5 Å². The van der Waals surface area contributed by atoms with Gasteiger partial charge < -0.3 is 19.7 Å². The number of benzene rings is 2. The molecule has 2 aromatic carbocycles. The second-order valence-electron chi connectivity index (χ2n) is 10.2. The predicted octanol–water partition coefficient (Wildman–Crippen LogP) is 5.18. The number of hydrogen-bond donors (Lipinski definition) is 1. The van der Waals surface area contributed by atoms with Gasteiger partial charge in [0, 0.05) is 34.3 Å². The molecule has 2 amide bonds. The van der Waals surface area contributed by atoms with Gasteiger partial charge in [-0.3, -0.25) is 13.9 Å². The molecule has 12 heteroatoms. The van der Waals surface area contributed by atoms with Gasteiger partial charge in [-0.2, -0.15) is 0 Å². The van der Waals surface area contributed by atoms with E-state index in [2.05, 4.69) is 5.32 Å². The van der Waals surface area contributed by atoms with E-state index in [9.17, 15) is 18.0 Å². The van der Waals surface area contributed by atoms with Crippen LogP contribution < -0.4 is 19.1 Å². The summed E-state index contributed by atoms with van der Waals surface area (Å²) in [5.74, 6) is -0.167. The summed E-state index contributed by atoms with van der Waals surface area (Å²) >= 11 is 12.9. The zero-order chi connectivity index (χ0) is 29.6. The van der Waals surface area contributed by atoms with E-state index in [0.29, 0.717) is 46.7 Å². The summed E-state index contributed by atoms with van der Waals surface area (Å²) in [4.78, 5) is 29.1. The minimum atomic E-state index is -3.90. The molecule has 1 aliphatic heterocycles. The van der Waals surface area contributed by atoms with E-state index in [-0.39, 0.29) is 29.9 Å². The van der Waals surface area contributed by atoms with Crippen LogP contribution in [0, 0.1) is 0 Å². The number of amides is 2. The summed E-state index contributed by atoms with van der Waals surface area (Å²) in [6.07, 6.45) is 5.31. The first kappa shape index (κ1) is 31.3. The lowest BCUT2D eigenvalue weighted by Crippen LogP contribution is -2.54. The van der Waals surface area contributed by atoms with E-state index in [1.807, 2.05) is 6.92 Å². The van der Waals surface area contributed by atoms with Crippen molar-refractivity contribution in [3.8, 4) is 11.5 Å². The molecular formula is C29H37Cl2N3O6S. The number of carbonyl (C=O) groups excluding carboxylic acids is 2. The third kappa shape index (κ3) is 7.59. The number of carbonyl (C=O) groups is 2. The van der Waals surface area contributed by atoms with Gasteiger partial charge in [0.1, 0.15) is 25.8 Å². The van der Waals surface area contributed by atoms with Gasteiger partial charge in [0.15, 0.2) is 11.5 Å². The Hall–Kier alpha value is -2.69. The van der Waals surface area contributed by atoms with Crippen molar-refractivity contribution in [3.05, 3.63) is 52.0 Å². The molecule has 2 aromatic rings. The number of halogens is 2. The fourth-order valence-corrected chi connectivity index (χ4v) is 6.80. The lowest BCUT2D eigenvalue weighted by atomic mass is 9.95. The Kier molecular flexibility index (Phi) is 10.7. The molecule has 0 radical (unpaired) electrons. The summed E-state index contributed by atoms with van der Waals surface area (Å²) in [6, 6.07) is 8.97. The first-order valence-electron chi connectivity index (χ1n) is 14.1. The number of hydrogen-bond acceptors (Lipinski definition) is 6. The Bertz CT molecular complexity index is 1330. The molecule has 0 saturated heterocycles. The SMILES string of the molecule is CCC(C(=O)NC1CCCCC1)N(Cc1c(Cl)cccc1Cl)C(=O)CN(c1ccc2c(c1)OCCO2)S(=O)(=O)CC. The van der Waals surface area contributed by atoms with Gasteiger partial charge in [-0.15, -0.1) is 0 Å². The van der Waals surface area contributed by atoms with Crippen molar-refractivity contribution in [3.63, 3.8) is 0 Å². The van der Waals surface area contributed by atoms with Gasteiger partial charge in [-0.05, 0) is 50.5 Å². The van der Waals surface area contributed by atoms with Gasteiger partial charge >= 0.3 is 0 Å². The van der Waals surface area contributed by atoms with Crippen molar-refractivity contribution in [1.82, 2.24) is 10.2 Å². The van der Waals surface area contributed by atoms with Crippen LogP contribution in [0.5, 0.6) is 11.5 Å². The Morgan fingerprint density at radius 3 is 2.29 bits per heavy atom. The second kappa shape index (κ2) is 14.0. The smallest absolute Gasteiger partial charge is 0.244 e. The Labute approximate surface area is 252 Å². The molecule has 1 N–H and O–H groups in total. The topological polar surface area (TPSA) is 105 Å². The van der Waals surface area contributed by atoms with Crippen molar-refractivity contribution >= 4 is 50.7 Å². The van der Waals surface area contributed by atoms with Crippen molar-refractivity contribution in [2.24, 2.45) is 0 Å². The van der Waals surface area contributed by atoms with Crippen LogP contribution in [-0.4, -0.2) is 62.7 Å². The van der Waals surface area contributed by atoms with Crippen LogP contribution in [0.3, 0.4) is 0 Å². The van der Waals surface area contributed by atoms with E-state index in [4.69, 9.17) is 32.7 Å². The van der Waals surface area contributed by atoms with Crippen LogP contribution in [0.4, 0.5) is 5.69 Å². The maximum absolute atomic E-state index is 14.1. The van der Waals surface area contributed by atoms with E-state index in [1.165, 1.54) is 11.8 Å². The number of nitrogens with one attached hydrogen (secondary N) is 1. The summed E-state index contributed by atoms with van der Waals surface area (Å²) in [7, 11) is -3.90. The molecule has 1 aliphatic carbocycles. The van der Waals surface area contributed by atoms with Crippen LogP contribution in [0.25, 0.3) is 0 Å². The van der Waals surface area contributed by atoms with Crippen molar-refractivity contribution in [2.45, 2.75) is 71.0 Å². The minimum Gasteiger partial charge on any atom is -0.486 e. The molecule has 0 bridgehead atoms. The van der Waals surface area contributed by atoms with Crippen molar-refractivity contribution in [2.75, 3.05) is 29.8 Å². The van der Waals surface area contributed by atoms with Crippen LogP contribution in [0.2, 0.25) is 10.0 Å². The zero-order valence-electron chi connectivity index (χ0n) is 23.4. The van der Waals surface area contributed by atoms with Crippen molar-refractivity contribution in [1.29, 1.82) is 0 Å². The Morgan fingerprint density at radius 2 is 1.66 bits per heavy atom. The first-order valence-corrected chi connectivity index (χ1v) is 16.4. The fraction of sp³-hybridized carbons (Fsp3) is 0.517. The van der Waals surface area contributed by atoms with Gasteiger partial charge in [0.05, 0.1) is 11.4 Å². The predicted molar refractivity (Wildman–Crippen MR) is 160 cm³/mol. The lowest BCUT2D eigenvalue weighted by molar-refractivity contribution is -0.140. The number of sulfonamides is 1. The summed E-state index contributed by atoms with van der Waals surface area (Å²) < 4.78 is 38.9. The van der Waals surface area contributed by atoms with E-state index >= 15 is 0 Å². The summed E-state index contributed by atoms with van der Waals surface area (Å²) in [5, 5.41) is 3.82. The molecule has 1 fully saturated rings. The largest absolute Gasteiger partial charge is 0.486 e. The second-order valence-corrected chi connectivity index (χ2v) is 13.2. The molecule has 1 saturated carbocycles. The highest BCUT2D eigenvalue weighted by Crippen LogP contribution is 2.35. The summed E-state index contributed by atoms with van der Waals surface area (Å²) in [5.41, 5.74) is 0.747. The number of fused-ring (bicyclic) bond motifs is 1. The number of ether oxygens (including phenoxy) is 2. The molecular weight excluding hydrogens is 589 g/mol. The minimum absolute atomic E-state index is 0.0424. The third-order valence-electron chi connectivity index (χ3n) is 7.52. The Balaban J connectivity index is 1.68. The average Bonchev–Trinajstić information content (AvgIpc) is 2.97. The fourth-order valence-electron chi connectivity index (χ4n) is 5.22. The molecule has 0 aromatic heterocycles. The van der Waals surface area contributed by atoms with Gasteiger partial charge in [0.25, 0.3) is 0 Å².